The summed E-state index contributed by atoms with van der Waals surface area (Å²) in [5, 5.41) is 29.4. The molecule has 0 bridgehead atoms. The minimum atomic E-state index is 0.0235. The average molecular weight is 842 g/mol. The second-order valence-electron chi connectivity index (χ2n) is 13.6. The molecule has 9 rings (SSSR count). The highest BCUT2D eigenvalue weighted by Crippen LogP contribution is 2.41. The predicted octanol–water partition coefficient (Wildman–Crippen LogP) is 9.05. The van der Waals surface area contributed by atoms with E-state index in [0.717, 1.165) is 85.8 Å². The maximum Gasteiger partial charge on any atom is 0.227 e. The van der Waals surface area contributed by atoms with E-state index in [1.165, 1.54) is 5.69 Å². The first kappa shape index (κ1) is 40.4. The van der Waals surface area contributed by atoms with Crippen molar-refractivity contribution in [3.05, 3.63) is 119 Å². The monoisotopic (exact) mass is 841 g/mol. The molecule has 1 aliphatic rings. The van der Waals surface area contributed by atoms with Crippen molar-refractivity contribution in [3.8, 4) is 39.5 Å². The van der Waals surface area contributed by atoms with Crippen LogP contribution in [-0.2, 0) is 18.0 Å². The molecule has 0 unspecified atom stereocenters. The summed E-state index contributed by atoms with van der Waals surface area (Å²) in [4.78, 5) is 20.7. The van der Waals surface area contributed by atoms with Crippen molar-refractivity contribution in [2.45, 2.75) is 13.2 Å². The van der Waals surface area contributed by atoms with E-state index in [-0.39, 0.29) is 13.2 Å². The molecular weight excluding hydrogens is 799 g/mol. The fourth-order valence-electron chi connectivity index (χ4n) is 6.80. The van der Waals surface area contributed by atoms with Crippen molar-refractivity contribution in [1.82, 2.24) is 19.9 Å². The van der Waals surface area contributed by atoms with Crippen LogP contribution in [0.3, 0.4) is 0 Å². The molecule has 4 aromatic heterocycles. The molecule has 5 heterocycles. The molecule has 0 spiro atoms. The van der Waals surface area contributed by atoms with Crippen LogP contribution in [0, 0.1) is 0 Å². The SMILES string of the molecule is COc1cc(Nc2ncc3scc(-c4ccc(CO)cc4)c3n2)cc(OC)c1OC.OCc1cccc(-c2csc3cnc(Nc4ccc(N5CCOCC5)cc4)nc23)c1. The molecule has 1 saturated heterocycles. The lowest BCUT2D eigenvalue weighted by atomic mass is 10.1. The molecule has 8 aromatic rings. The Labute approximate surface area is 354 Å². The summed E-state index contributed by atoms with van der Waals surface area (Å²) in [6.45, 7) is 3.44. The van der Waals surface area contributed by atoms with Crippen molar-refractivity contribution in [3.63, 3.8) is 0 Å². The van der Waals surface area contributed by atoms with Crippen molar-refractivity contribution in [2.24, 2.45) is 0 Å². The molecule has 13 nitrogen and oxygen atoms in total. The van der Waals surface area contributed by atoms with E-state index in [0.29, 0.717) is 34.8 Å². The standard InChI is InChI=1S/C23H22N4O2S.C22H21N3O4S/c28-14-16-2-1-3-17(12-16)20-15-30-21-13-24-23(26-22(20)21)25-18-4-6-19(7-5-18)27-8-10-29-11-9-27;1-27-17-8-15(9-18(28-2)21(17)29-3)24-22-23-10-19-20(25-22)16(12-30-19)14-6-4-13(11-26)5-7-14/h1-7,12-13,15,28H,8-11,14H2,(H,24,25,26);4-10,12,26H,11H2,1-3H3,(H,23,24,25). The van der Waals surface area contributed by atoms with Gasteiger partial charge < -0.3 is 44.7 Å². The van der Waals surface area contributed by atoms with Gasteiger partial charge in [0.25, 0.3) is 0 Å². The van der Waals surface area contributed by atoms with Gasteiger partial charge in [0.05, 0.1) is 80.6 Å². The number of morpholine rings is 1. The Morgan fingerprint density at radius 1 is 0.650 bits per heavy atom. The second kappa shape index (κ2) is 18.7. The Morgan fingerprint density at radius 3 is 1.80 bits per heavy atom. The minimum absolute atomic E-state index is 0.0235. The summed E-state index contributed by atoms with van der Waals surface area (Å²) in [5.41, 5.74) is 10.6. The smallest absolute Gasteiger partial charge is 0.227 e. The van der Waals surface area contributed by atoms with Crippen LogP contribution in [0.1, 0.15) is 11.1 Å². The number of fused-ring (bicyclic) bond motifs is 2. The number of thiophene rings is 2. The number of rotatable bonds is 12. The number of nitrogens with one attached hydrogen (secondary N) is 2. The highest BCUT2D eigenvalue weighted by atomic mass is 32.1. The van der Waals surface area contributed by atoms with Gasteiger partial charge in [0.15, 0.2) is 11.5 Å². The molecule has 0 aliphatic carbocycles. The highest BCUT2D eigenvalue weighted by Gasteiger charge is 2.16. The van der Waals surface area contributed by atoms with Gasteiger partial charge in [0, 0.05) is 64.2 Å². The number of aliphatic hydroxyl groups excluding tert-OH is 2. The molecule has 0 saturated carbocycles. The molecule has 1 aliphatic heterocycles. The number of hydrogen-bond acceptors (Lipinski definition) is 15. The molecule has 60 heavy (non-hydrogen) atoms. The van der Waals surface area contributed by atoms with Crippen LogP contribution < -0.4 is 29.7 Å². The van der Waals surface area contributed by atoms with E-state index < -0.39 is 0 Å². The van der Waals surface area contributed by atoms with Crippen molar-refractivity contribution < 1.29 is 29.2 Å². The molecule has 1 fully saturated rings. The van der Waals surface area contributed by atoms with Crippen LogP contribution in [0.15, 0.2) is 108 Å². The number of anilines is 5. The number of nitrogens with zero attached hydrogens (tertiary/aromatic N) is 5. The lowest BCUT2D eigenvalue weighted by Gasteiger charge is -2.28. The van der Waals surface area contributed by atoms with Crippen LogP contribution in [-0.4, -0.2) is 77.8 Å². The van der Waals surface area contributed by atoms with Gasteiger partial charge in [-0.25, -0.2) is 19.9 Å². The van der Waals surface area contributed by atoms with Gasteiger partial charge in [-0.2, -0.15) is 0 Å². The zero-order valence-corrected chi connectivity index (χ0v) is 34.8. The maximum atomic E-state index is 9.44. The molecule has 306 valence electrons. The van der Waals surface area contributed by atoms with E-state index in [1.807, 2.05) is 54.7 Å². The van der Waals surface area contributed by atoms with Crippen LogP contribution in [0.25, 0.3) is 42.7 Å². The largest absolute Gasteiger partial charge is 0.493 e. The van der Waals surface area contributed by atoms with Crippen molar-refractivity contribution in [2.75, 3.05) is 63.2 Å². The third kappa shape index (κ3) is 8.95. The summed E-state index contributed by atoms with van der Waals surface area (Å²) in [6, 6.07) is 27.7. The summed E-state index contributed by atoms with van der Waals surface area (Å²) in [5.74, 6) is 2.64. The average Bonchev–Trinajstić information content (AvgIpc) is 3.93. The highest BCUT2D eigenvalue weighted by molar-refractivity contribution is 7.18. The van der Waals surface area contributed by atoms with Crippen LogP contribution >= 0.6 is 22.7 Å². The summed E-state index contributed by atoms with van der Waals surface area (Å²) in [6.07, 6.45) is 3.66. The Morgan fingerprint density at radius 2 is 1.23 bits per heavy atom. The zero-order chi connectivity index (χ0) is 41.4. The van der Waals surface area contributed by atoms with Crippen LogP contribution in [0.5, 0.6) is 17.2 Å². The normalized spacial score (nSPS) is 12.5. The quantitative estimate of drug-likeness (QED) is 0.0925. The summed E-state index contributed by atoms with van der Waals surface area (Å²) < 4.78 is 23.6. The van der Waals surface area contributed by atoms with Crippen molar-refractivity contribution in [1.29, 1.82) is 0 Å². The number of aromatic nitrogens is 4. The van der Waals surface area contributed by atoms with Gasteiger partial charge in [-0.05, 0) is 52.6 Å². The van der Waals surface area contributed by atoms with Crippen LogP contribution in [0.2, 0.25) is 0 Å². The first-order valence-corrected chi connectivity index (χ1v) is 20.9. The molecule has 4 N–H and O–H groups in total. The Balaban J connectivity index is 0.000000166. The topological polar surface area (TPSA) is 156 Å². The lowest BCUT2D eigenvalue weighted by molar-refractivity contribution is 0.122. The van der Waals surface area contributed by atoms with Gasteiger partial charge in [0.1, 0.15) is 0 Å². The molecular formula is C45H43N7O6S2. The van der Waals surface area contributed by atoms with Gasteiger partial charge in [0.2, 0.25) is 17.6 Å². The van der Waals surface area contributed by atoms with Crippen molar-refractivity contribution >= 4 is 72.1 Å². The minimum Gasteiger partial charge on any atom is -0.493 e. The predicted molar refractivity (Wildman–Crippen MR) is 240 cm³/mol. The summed E-state index contributed by atoms with van der Waals surface area (Å²) in [7, 11) is 4.71. The first-order chi connectivity index (χ1) is 29.5. The fraction of sp³-hybridized carbons (Fsp3) is 0.200. The fourth-order valence-corrected chi connectivity index (χ4v) is 8.55. The first-order valence-electron chi connectivity index (χ1n) is 19.1. The van der Waals surface area contributed by atoms with Gasteiger partial charge in [-0.3, -0.25) is 0 Å². The number of benzene rings is 4. The third-order valence-corrected chi connectivity index (χ3v) is 11.7. The molecule has 0 radical (unpaired) electrons. The third-order valence-electron chi connectivity index (χ3n) is 9.92. The summed E-state index contributed by atoms with van der Waals surface area (Å²) >= 11 is 3.22. The molecule has 4 aromatic carbocycles. The second-order valence-corrected chi connectivity index (χ2v) is 15.5. The number of hydrogen-bond donors (Lipinski definition) is 4. The number of methoxy groups -OCH3 is 3. The Kier molecular flexibility index (Phi) is 12.6. The van der Waals surface area contributed by atoms with E-state index in [9.17, 15) is 10.2 Å². The van der Waals surface area contributed by atoms with Crippen LogP contribution in [0.4, 0.5) is 29.0 Å². The molecule has 15 heteroatoms. The van der Waals surface area contributed by atoms with E-state index >= 15 is 0 Å². The zero-order valence-electron chi connectivity index (χ0n) is 33.2. The lowest BCUT2D eigenvalue weighted by Crippen LogP contribution is -2.36. The number of ether oxygens (including phenoxy) is 4. The molecule has 0 atom stereocenters. The van der Waals surface area contributed by atoms with E-state index in [2.05, 4.69) is 60.5 Å². The van der Waals surface area contributed by atoms with Gasteiger partial charge in [-0.15, -0.1) is 22.7 Å². The number of aliphatic hydroxyl groups is 2. The molecule has 0 amide bonds. The maximum absolute atomic E-state index is 9.44. The Hall–Kier alpha value is -6.36. The Bertz CT molecular complexity index is 2680. The van der Waals surface area contributed by atoms with E-state index in [1.54, 1.807) is 62.3 Å². The van der Waals surface area contributed by atoms with Gasteiger partial charge in [-0.1, -0.05) is 42.5 Å². The van der Waals surface area contributed by atoms with Gasteiger partial charge >= 0.3 is 0 Å². The van der Waals surface area contributed by atoms with E-state index in [4.69, 9.17) is 28.9 Å².